The molecule has 1 aliphatic carbocycles. The van der Waals surface area contributed by atoms with Crippen LogP contribution in [0, 0.1) is 33.8 Å². The third-order valence-electron chi connectivity index (χ3n) is 8.27. The Bertz CT molecular complexity index is 1590. The first-order valence-electron chi connectivity index (χ1n) is 16.0. The van der Waals surface area contributed by atoms with E-state index in [1.807, 2.05) is 0 Å². The van der Waals surface area contributed by atoms with Gasteiger partial charge in [0.1, 0.15) is 0 Å². The summed E-state index contributed by atoms with van der Waals surface area (Å²) in [5, 5.41) is 0. The van der Waals surface area contributed by atoms with Gasteiger partial charge >= 0.3 is 112 Å². The number of halogens is 2. The van der Waals surface area contributed by atoms with E-state index in [0.29, 0.717) is 5.41 Å². The Labute approximate surface area is 306 Å². The molecule has 0 radical (unpaired) electrons. The molecule has 5 aromatic rings. The summed E-state index contributed by atoms with van der Waals surface area (Å²) in [7, 11) is 0. The summed E-state index contributed by atoms with van der Waals surface area (Å²) < 4.78 is 1.42. The fourth-order valence-electron chi connectivity index (χ4n) is 5.47. The number of hydrogen-bond donors (Lipinski definition) is 0. The van der Waals surface area contributed by atoms with Gasteiger partial charge in [-0.15, -0.1) is 11.1 Å². The minimum Gasteiger partial charge on any atom is -1.00 e. The molecule has 0 unspecified atom stereocenters. The van der Waals surface area contributed by atoms with E-state index in [-0.39, 0.29) is 24.8 Å². The van der Waals surface area contributed by atoms with Gasteiger partial charge in [0.2, 0.25) is 0 Å². The quantitative estimate of drug-likeness (QED) is 0.216. The van der Waals surface area contributed by atoms with E-state index < -0.39 is 0 Å². The molecule has 0 spiro atoms. The standard InChI is InChI=1S/C15H13.C15H14.C13H21.2ClH.Zr/c1-10-3-5-14-12(7-10)9-13-8-11(2)4-6-15(13)14;1-12-3-7-14(8-4-12)11-15-9-5-13(2)6-10-15;1-5-6-7-11-8-9-12(10-11)13(2,3)4;;;/h3-7H,9H2,1-2H3;3-10H,1-2H3;8-10H,5-7H2,1-4H3;2*1H;/q-1;;-1;;;+2/p-2. The van der Waals surface area contributed by atoms with E-state index in [0.717, 1.165) is 6.42 Å². The first kappa shape index (κ1) is 39.7. The second kappa shape index (κ2) is 18.2. The van der Waals surface area contributed by atoms with Crippen LogP contribution < -0.4 is 24.8 Å². The maximum absolute atomic E-state index is 3.45. The van der Waals surface area contributed by atoms with E-state index in [9.17, 15) is 0 Å². The topological polar surface area (TPSA) is 0 Å². The van der Waals surface area contributed by atoms with Gasteiger partial charge in [0.15, 0.2) is 0 Å². The van der Waals surface area contributed by atoms with Crippen LogP contribution in [0.25, 0.3) is 11.1 Å². The molecular formula is C43H48Cl2Zr-2. The first-order valence-corrected chi connectivity index (χ1v) is 17.3. The summed E-state index contributed by atoms with van der Waals surface area (Å²) in [4.78, 5) is 0. The van der Waals surface area contributed by atoms with Crippen molar-refractivity contribution in [3.63, 3.8) is 0 Å². The minimum atomic E-state index is 0. The van der Waals surface area contributed by atoms with Crippen LogP contribution in [0.3, 0.4) is 0 Å². The molecule has 0 fully saturated rings. The molecule has 0 aromatic heterocycles. The largest absolute Gasteiger partial charge is 1.00 e. The summed E-state index contributed by atoms with van der Waals surface area (Å²) >= 11 is 1.46. The predicted molar refractivity (Wildman–Crippen MR) is 188 cm³/mol. The average molecular weight is 727 g/mol. The molecule has 3 heteroatoms. The maximum Gasteiger partial charge on any atom is -1.00 e. The third kappa shape index (κ3) is 11.1. The SMILES string of the molecule is CCCCc1cc(C(C)(C)C)c[cH-]1.Cc1[c-]c2c(cc1)-c1ccc(C)cc1C2.Cc1ccc([C](=[Zr+2])c2ccc(C)cc2)cc1.[Cl-].[Cl-]. The van der Waals surface area contributed by atoms with Crippen molar-refractivity contribution in [2.75, 3.05) is 0 Å². The number of unbranched alkanes of at least 4 members (excludes halogenated alkanes) is 1. The Balaban J connectivity index is 0.000000236. The molecule has 0 atom stereocenters. The van der Waals surface area contributed by atoms with Crippen molar-refractivity contribution in [2.24, 2.45) is 0 Å². The Morgan fingerprint density at radius 2 is 1.28 bits per heavy atom. The van der Waals surface area contributed by atoms with Crippen LogP contribution in [0.5, 0.6) is 0 Å². The fourth-order valence-corrected chi connectivity index (χ4v) is 6.29. The van der Waals surface area contributed by atoms with Crippen LogP contribution in [0.4, 0.5) is 0 Å². The Morgan fingerprint density at radius 3 is 1.80 bits per heavy atom. The Morgan fingerprint density at radius 1 is 0.739 bits per heavy atom. The van der Waals surface area contributed by atoms with Gasteiger partial charge in [0, 0.05) is 0 Å². The maximum atomic E-state index is 3.45. The zero-order valence-corrected chi connectivity index (χ0v) is 32.8. The average Bonchev–Trinajstić information content (AvgIpc) is 3.61. The third-order valence-corrected chi connectivity index (χ3v) is 9.69. The monoisotopic (exact) mass is 724 g/mol. The zero-order chi connectivity index (χ0) is 31.9. The van der Waals surface area contributed by atoms with Crippen molar-refractivity contribution in [1.29, 1.82) is 0 Å². The van der Waals surface area contributed by atoms with Crippen molar-refractivity contribution >= 4 is 3.21 Å². The predicted octanol–water partition coefficient (Wildman–Crippen LogP) is 5.15. The molecular weight excluding hydrogens is 679 g/mol. The number of fused-ring (bicyclic) bond motifs is 3. The van der Waals surface area contributed by atoms with Gasteiger partial charge in [0.25, 0.3) is 0 Å². The molecule has 46 heavy (non-hydrogen) atoms. The Hall–Kier alpha value is -2.44. The Kier molecular flexibility index (Phi) is 15.7. The van der Waals surface area contributed by atoms with Crippen molar-refractivity contribution < 1.29 is 49.0 Å². The summed E-state index contributed by atoms with van der Waals surface area (Å²) in [6, 6.07) is 39.0. The van der Waals surface area contributed by atoms with E-state index >= 15 is 0 Å². The van der Waals surface area contributed by atoms with Gasteiger partial charge in [0.05, 0.1) is 0 Å². The van der Waals surface area contributed by atoms with Gasteiger partial charge in [-0.05, 0) is 18.9 Å². The molecule has 0 amide bonds. The first-order chi connectivity index (χ1) is 20.9. The molecule has 240 valence electrons. The van der Waals surface area contributed by atoms with Crippen molar-refractivity contribution in [2.45, 2.75) is 86.5 Å². The van der Waals surface area contributed by atoms with Crippen LogP contribution in [0.2, 0.25) is 0 Å². The molecule has 0 N–H and O–H groups in total. The van der Waals surface area contributed by atoms with Crippen LogP contribution in [-0.2, 0) is 42.5 Å². The molecule has 0 aliphatic heterocycles. The molecule has 0 saturated heterocycles. The molecule has 0 heterocycles. The second-order valence-corrected chi connectivity index (χ2v) is 14.6. The normalized spacial score (nSPS) is 11.0. The van der Waals surface area contributed by atoms with Crippen molar-refractivity contribution in [1.82, 2.24) is 0 Å². The molecule has 5 aromatic carbocycles. The second-order valence-electron chi connectivity index (χ2n) is 13.3. The molecule has 0 bridgehead atoms. The summed E-state index contributed by atoms with van der Waals surface area (Å²) in [6.45, 7) is 17.6. The van der Waals surface area contributed by atoms with Crippen LogP contribution in [0.15, 0.2) is 97.1 Å². The molecule has 0 nitrogen and oxygen atoms in total. The van der Waals surface area contributed by atoms with Gasteiger partial charge in [-0.2, -0.15) is 47.0 Å². The van der Waals surface area contributed by atoms with E-state index in [2.05, 4.69) is 159 Å². The molecule has 0 saturated carbocycles. The van der Waals surface area contributed by atoms with Gasteiger partial charge in [-0.25, -0.2) is 6.07 Å². The van der Waals surface area contributed by atoms with Crippen molar-refractivity contribution in [3.8, 4) is 11.1 Å². The van der Waals surface area contributed by atoms with E-state index in [1.165, 1.54) is 113 Å². The number of benzene rings is 4. The van der Waals surface area contributed by atoms with E-state index in [1.54, 1.807) is 0 Å². The van der Waals surface area contributed by atoms with Crippen LogP contribution >= 0.6 is 0 Å². The van der Waals surface area contributed by atoms with Gasteiger partial charge < -0.3 is 24.8 Å². The molecule has 6 rings (SSSR count). The fraction of sp³-hybridized carbons (Fsp3) is 0.302. The van der Waals surface area contributed by atoms with Crippen molar-refractivity contribution in [3.05, 3.63) is 159 Å². The van der Waals surface area contributed by atoms with E-state index in [4.69, 9.17) is 0 Å². The summed E-state index contributed by atoms with van der Waals surface area (Å²) in [6.07, 6.45) is 4.89. The number of aryl methyl sites for hydroxylation is 5. The minimum absolute atomic E-state index is 0. The van der Waals surface area contributed by atoms with Gasteiger partial charge in [-0.3, -0.25) is 0 Å². The number of rotatable bonds is 5. The van der Waals surface area contributed by atoms with Crippen LogP contribution in [-0.4, -0.2) is 3.21 Å². The zero-order valence-electron chi connectivity index (χ0n) is 28.8. The molecule has 1 aliphatic rings. The summed E-state index contributed by atoms with van der Waals surface area (Å²) in [5.41, 5.74) is 16.8. The summed E-state index contributed by atoms with van der Waals surface area (Å²) in [5.74, 6) is 0. The smallest absolute Gasteiger partial charge is 1.00 e. The number of hydrogen-bond acceptors (Lipinski definition) is 0. The van der Waals surface area contributed by atoms with Gasteiger partial charge in [-0.1, -0.05) is 88.6 Å². The van der Waals surface area contributed by atoms with Crippen LogP contribution in [0.1, 0.15) is 96.2 Å².